The highest BCUT2D eigenvalue weighted by atomic mass is 35.5. The molecular weight excluding hydrogens is 1650 g/mol. The van der Waals surface area contributed by atoms with Crippen LogP contribution in [0.1, 0.15) is 179 Å². The molecule has 1 aliphatic rings. The minimum Gasteiger partial charge on any atom is -0.508 e. The van der Waals surface area contributed by atoms with Gasteiger partial charge in [-0.2, -0.15) is 0 Å². The number of aryl methyl sites for hydroxylation is 6. The lowest BCUT2D eigenvalue weighted by Crippen LogP contribution is -2.32. The van der Waals surface area contributed by atoms with Crippen molar-refractivity contribution < 1.29 is 111 Å². The number of alkyl halides is 1. The fraction of sp³-hybridized carbons (Fsp3) is 0.413. The standard InChI is InChI=1S/C23H30O4.C21H26O4.C15H20O4.C15H22O4.C11H14O2.C8H10O.C7H6O2.C4H7ClO2/c1-6-25-23(24)22(27-21-12-17(4)10-11-18(21)5)14-19-8-7-9-20(13-19)26-15-16(2)3;1-14(2)13-24-18-7-5-6-17(11-18)12-20(21(22)23)25-19-10-15(3)8-9-16(19)4;1-4-17-15(16)14-13(19-14)11-6-5-7-12(8-11)18-9-10(2)3;1-4-18-15(17)14(16)9-12-6-5-7-13(8-12)19-10-11(2)3;1-9(2)8-13-11-5-3-4-10(6-11)7-12;1-6-3-4-7(2)8(9)5-6;8-5-6-2-1-3-7(9)4-6;1-2-7-4(6)3-5/h7-13,16,22H,6,14-15H2,1-5H3;5-11,14,20H,12-13H2,1-4H3,(H,22,23);5-8,10,13-14H,4,9H2,1-3H3;5-8,11,14,16H,4,9-10H2,1-3H3;3-7,9H,8H2,1-2H3;3-5,9H,1-2H3;1-5,9H;2-3H2,1H3. The van der Waals surface area contributed by atoms with Crippen LogP contribution in [-0.4, -0.2) is 153 Å². The molecule has 0 aromatic heterocycles. The van der Waals surface area contributed by atoms with E-state index in [4.69, 9.17) is 73.9 Å². The van der Waals surface area contributed by atoms with Crippen LogP contribution in [-0.2, 0) is 66.9 Å². The Bertz CT molecular complexity index is 4750. The average molecular weight is 1790 g/mol. The summed E-state index contributed by atoms with van der Waals surface area (Å²) in [5.41, 5.74) is 10.9. The first-order chi connectivity index (χ1) is 60.9. The SMILES string of the molecule is CC(C)COc1cccc(C=O)c1.CCOC(=O)C(Cc1cccc(OCC(C)C)c1)Oc1cc(C)ccc1C.CCOC(=O)C(O)Cc1cccc(OCC(C)C)c1.CCOC(=O)C1OC1c1cccc(OCC(C)C)c1.CCOC(=O)CCl.Cc1ccc(C)c(O)c1.Cc1ccc(C)c(OC(Cc2cccc(OCC(C)C)c2)C(=O)O)c1.O=Cc1cccc(O)c1. The Morgan fingerprint density at radius 2 is 0.773 bits per heavy atom. The smallest absolute Gasteiger partial charge is 0.347 e. The summed E-state index contributed by atoms with van der Waals surface area (Å²) in [4.78, 5) is 77.5. The molecule has 5 unspecified atom stereocenters. The zero-order valence-electron chi connectivity index (χ0n) is 78.1. The number of carboxylic acids is 1. The number of rotatable bonds is 37. The number of phenols is 2. The van der Waals surface area contributed by atoms with E-state index in [1.807, 2.05) is 199 Å². The molecule has 0 aliphatic carbocycles. The van der Waals surface area contributed by atoms with Crippen molar-refractivity contribution in [2.45, 2.75) is 188 Å². The molecule has 4 N–H and O–H groups in total. The van der Waals surface area contributed by atoms with Crippen molar-refractivity contribution in [3.8, 4) is 51.7 Å². The first-order valence-corrected chi connectivity index (χ1v) is 43.8. The lowest BCUT2D eigenvalue weighted by Gasteiger charge is -2.20. The van der Waals surface area contributed by atoms with Crippen LogP contribution in [0.5, 0.6) is 51.7 Å². The quantitative estimate of drug-likeness (QED) is 0.00924. The molecular formula is C104H135ClO23. The Kier molecular flexibility index (Phi) is 53.0. The molecule has 24 heteroatoms. The number of carbonyl (C=O) groups is 7. The van der Waals surface area contributed by atoms with Crippen molar-refractivity contribution in [2.24, 2.45) is 29.6 Å². The zero-order valence-corrected chi connectivity index (χ0v) is 78.9. The number of epoxide rings is 1. The van der Waals surface area contributed by atoms with Gasteiger partial charge in [-0.15, -0.1) is 11.6 Å². The van der Waals surface area contributed by atoms with E-state index in [-0.39, 0.29) is 55.1 Å². The Morgan fingerprint density at radius 1 is 0.406 bits per heavy atom. The number of esters is 4. The van der Waals surface area contributed by atoms with Crippen LogP contribution in [0.3, 0.4) is 0 Å². The molecule has 0 spiro atoms. The number of aromatic hydroxyl groups is 2. The van der Waals surface area contributed by atoms with Crippen molar-refractivity contribution in [1.82, 2.24) is 0 Å². The predicted octanol–water partition coefficient (Wildman–Crippen LogP) is 20.8. The molecule has 1 saturated heterocycles. The van der Waals surface area contributed by atoms with Gasteiger partial charge in [-0.3, -0.25) is 14.4 Å². The Hall–Kier alpha value is -11.9. The van der Waals surface area contributed by atoms with Crippen LogP contribution in [0.25, 0.3) is 0 Å². The van der Waals surface area contributed by atoms with Crippen LogP contribution < -0.4 is 33.2 Å². The van der Waals surface area contributed by atoms with E-state index in [0.29, 0.717) is 124 Å². The maximum Gasteiger partial charge on any atom is 0.347 e. The van der Waals surface area contributed by atoms with E-state index in [1.54, 1.807) is 58.0 Å². The van der Waals surface area contributed by atoms with Crippen molar-refractivity contribution in [3.05, 3.63) is 267 Å². The third-order valence-electron chi connectivity index (χ3n) is 17.5. The number of aliphatic carboxylic acids is 1. The monoisotopic (exact) mass is 1790 g/mol. The summed E-state index contributed by atoms with van der Waals surface area (Å²) in [5.74, 6) is 5.41. The van der Waals surface area contributed by atoms with Crippen LogP contribution >= 0.6 is 11.6 Å². The molecule has 0 saturated carbocycles. The number of aliphatic hydroxyl groups is 1. The van der Waals surface area contributed by atoms with Gasteiger partial charge in [0.15, 0.2) is 24.4 Å². The number of carbonyl (C=O) groups excluding carboxylic acids is 6. The molecule has 0 bridgehead atoms. The highest BCUT2D eigenvalue weighted by molar-refractivity contribution is 6.26. The van der Waals surface area contributed by atoms with Crippen molar-refractivity contribution in [2.75, 3.05) is 65.3 Å². The maximum absolute atomic E-state index is 12.5. The van der Waals surface area contributed by atoms with Gasteiger partial charge in [0.25, 0.3) is 0 Å². The number of benzene rings is 9. The third-order valence-corrected chi connectivity index (χ3v) is 17.7. The molecule has 128 heavy (non-hydrogen) atoms. The minimum absolute atomic E-state index is 0.0478. The van der Waals surface area contributed by atoms with Crippen LogP contribution in [0.2, 0.25) is 0 Å². The number of ether oxygens (including phenoxy) is 12. The number of aldehydes is 2. The number of phenolic OH excluding ortho intramolecular Hbond substituents is 2. The van der Waals surface area contributed by atoms with Gasteiger partial charge in [-0.1, -0.05) is 178 Å². The van der Waals surface area contributed by atoms with Gasteiger partial charge in [0.1, 0.15) is 76.3 Å². The summed E-state index contributed by atoms with van der Waals surface area (Å²) >= 11 is 5.06. The van der Waals surface area contributed by atoms with Crippen molar-refractivity contribution in [1.29, 1.82) is 0 Å². The number of aliphatic hydroxyl groups excluding tert-OH is 1. The Balaban J connectivity index is 0.000000390. The number of halogens is 1. The fourth-order valence-electron chi connectivity index (χ4n) is 10.9. The molecule has 696 valence electrons. The van der Waals surface area contributed by atoms with Crippen molar-refractivity contribution >= 4 is 54.0 Å². The van der Waals surface area contributed by atoms with Crippen LogP contribution in [0, 0.1) is 71.1 Å². The summed E-state index contributed by atoms with van der Waals surface area (Å²) in [6.07, 6.45) is -0.972. The van der Waals surface area contributed by atoms with Crippen LogP contribution in [0.15, 0.2) is 200 Å². The zero-order chi connectivity index (χ0) is 95.2. The molecule has 5 atom stereocenters. The summed E-state index contributed by atoms with van der Waals surface area (Å²) in [7, 11) is 0. The molecule has 10 rings (SSSR count). The highest BCUT2D eigenvalue weighted by Gasteiger charge is 2.47. The molecule has 0 radical (unpaired) electrons. The molecule has 0 amide bonds. The summed E-state index contributed by atoms with van der Waals surface area (Å²) < 4.78 is 64.8. The second-order valence-electron chi connectivity index (χ2n) is 32.1. The van der Waals surface area contributed by atoms with Gasteiger partial charge >= 0.3 is 29.8 Å². The van der Waals surface area contributed by atoms with E-state index >= 15 is 0 Å². The van der Waals surface area contributed by atoms with E-state index < -0.39 is 36.4 Å². The van der Waals surface area contributed by atoms with E-state index in [9.17, 15) is 43.8 Å². The molecule has 9 aromatic carbocycles. The largest absolute Gasteiger partial charge is 0.508 e. The van der Waals surface area contributed by atoms with E-state index in [2.05, 4.69) is 74.0 Å². The van der Waals surface area contributed by atoms with Gasteiger partial charge in [0, 0.05) is 30.4 Å². The Morgan fingerprint density at radius 3 is 1.16 bits per heavy atom. The van der Waals surface area contributed by atoms with Gasteiger partial charge in [-0.25, -0.2) is 19.2 Å². The maximum atomic E-state index is 12.5. The van der Waals surface area contributed by atoms with Crippen molar-refractivity contribution in [3.63, 3.8) is 0 Å². The summed E-state index contributed by atoms with van der Waals surface area (Å²) in [6, 6.07) is 61.2. The molecule has 1 fully saturated rings. The van der Waals surface area contributed by atoms with Gasteiger partial charge < -0.3 is 77.3 Å². The normalized spacial score (nSPS) is 12.6. The second kappa shape index (κ2) is 61.5. The van der Waals surface area contributed by atoms with E-state index in [0.717, 1.165) is 90.7 Å². The molecule has 9 aromatic rings. The summed E-state index contributed by atoms with van der Waals surface area (Å²) in [6.45, 7) is 44.3. The van der Waals surface area contributed by atoms with Crippen LogP contribution in [0.4, 0.5) is 0 Å². The lowest BCUT2D eigenvalue weighted by atomic mass is 10.1. The topological polar surface area (TPSA) is 314 Å². The highest BCUT2D eigenvalue weighted by Crippen LogP contribution is 2.41. The second-order valence-corrected chi connectivity index (χ2v) is 32.4. The van der Waals surface area contributed by atoms with Gasteiger partial charge in [0.05, 0.1) is 59.5 Å². The summed E-state index contributed by atoms with van der Waals surface area (Å²) in [5, 5.41) is 37.1. The number of hydrogen-bond donors (Lipinski definition) is 4. The first-order valence-electron chi connectivity index (χ1n) is 43.3. The third kappa shape index (κ3) is 47.1. The predicted molar refractivity (Wildman–Crippen MR) is 501 cm³/mol. The number of hydrogen-bond acceptors (Lipinski definition) is 22. The minimum atomic E-state index is -1.12. The average Bonchev–Trinajstić information content (AvgIpc) is 1.64. The van der Waals surface area contributed by atoms with Gasteiger partial charge in [-0.05, 0) is 245 Å². The fourth-order valence-corrected chi connectivity index (χ4v) is 11.0. The van der Waals surface area contributed by atoms with Gasteiger partial charge in [0.2, 0.25) is 0 Å². The number of carboxylic acid groups (broad SMARTS) is 1. The molecule has 1 heterocycles. The lowest BCUT2D eigenvalue weighted by molar-refractivity contribution is -0.153. The first kappa shape index (κ1) is 110. The molecule has 23 nitrogen and oxygen atoms in total. The molecule has 1 aliphatic heterocycles. The van der Waals surface area contributed by atoms with E-state index in [1.165, 1.54) is 12.1 Å². The Labute approximate surface area is 762 Å².